The second-order valence-corrected chi connectivity index (χ2v) is 13.6. The van der Waals surface area contributed by atoms with Crippen molar-refractivity contribution in [1.82, 2.24) is 0 Å². The SMILES string of the molecule is O=C(O)c1ccc(N2C(=O)[C@H]3[C@H](CC=C4[C@H]3C[C@@]3(Cl)C(=O)N(c5ccc(F)cc5)C(=O)[C@@]3(Cl)[C@H]4c3ccc(O)cc3Cl)C2=O)cc1O. The van der Waals surface area contributed by atoms with Crippen molar-refractivity contribution in [2.45, 2.75) is 28.5 Å². The Balaban J connectivity index is 1.38. The predicted octanol–water partition coefficient (Wildman–Crippen LogP) is 5.36. The minimum atomic E-state index is -2.21. The summed E-state index contributed by atoms with van der Waals surface area (Å²) in [6.07, 6.45) is 1.39. The van der Waals surface area contributed by atoms with Gasteiger partial charge in [0.2, 0.25) is 11.8 Å². The smallest absolute Gasteiger partial charge is 0.339 e. The third-order valence-electron chi connectivity index (χ3n) is 9.66. The fourth-order valence-corrected chi connectivity index (χ4v) is 8.80. The van der Waals surface area contributed by atoms with Gasteiger partial charge in [0.05, 0.1) is 23.2 Å². The maximum Gasteiger partial charge on any atom is 0.339 e. The average molecular weight is 700 g/mol. The molecule has 0 aromatic heterocycles. The van der Waals surface area contributed by atoms with Crippen LogP contribution in [0.4, 0.5) is 15.8 Å². The number of imide groups is 2. The van der Waals surface area contributed by atoms with E-state index in [2.05, 4.69) is 0 Å². The highest BCUT2D eigenvalue weighted by atomic mass is 35.5. The highest BCUT2D eigenvalue weighted by Crippen LogP contribution is 2.66. The van der Waals surface area contributed by atoms with Crippen molar-refractivity contribution in [3.05, 3.63) is 94.3 Å². The largest absolute Gasteiger partial charge is 0.508 e. The Bertz CT molecular complexity index is 1990. The van der Waals surface area contributed by atoms with Crippen molar-refractivity contribution in [3.63, 3.8) is 0 Å². The molecule has 3 N–H and O–H groups in total. The van der Waals surface area contributed by atoms with Gasteiger partial charge in [0.15, 0.2) is 9.75 Å². The summed E-state index contributed by atoms with van der Waals surface area (Å²) in [6.45, 7) is 0. The molecular weight excluding hydrogens is 678 g/mol. The Labute approximate surface area is 280 Å². The molecule has 0 radical (unpaired) electrons. The summed E-state index contributed by atoms with van der Waals surface area (Å²) in [5.41, 5.74) is 0.231. The number of phenols is 2. The summed E-state index contributed by atoms with van der Waals surface area (Å²) in [6, 6.07) is 11.9. The lowest BCUT2D eigenvalue weighted by Gasteiger charge is -2.50. The third-order valence-corrected chi connectivity index (χ3v) is 11.4. The number of rotatable bonds is 4. The number of amides is 4. The summed E-state index contributed by atoms with van der Waals surface area (Å²) in [4.78, 5) is 65.3. The summed E-state index contributed by atoms with van der Waals surface area (Å²) in [7, 11) is 0. The van der Waals surface area contributed by atoms with E-state index in [9.17, 15) is 43.7 Å². The molecular formula is C33H22Cl3FN2O8. The molecule has 3 fully saturated rings. The Kier molecular flexibility index (Phi) is 6.98. The van der Waals surface area contributed by atoms with Gasteiger partial charge in [-0.25, -0.2) is 19.0 Å². The first-order valence-electron chi connectivity index (χ1n) is 14.4. The molecule has 2 saturated heterocycles. The van der Waals surface area contributed by atoms with Gasteiger partial charge in [0.1, 0.15) is 22.9 Å². The van der Waals surface area contributed by atoms with E-state index in [0.717, 1.165) is 34.1 Å². The highest BCUT2D eigenvalue weighted by molar-refractivity contribution is 6.58. The van der Waals surface area contributed by atoms with Crippen molar-refractivity contribution in [2.24, 2.45) is 17.8 Å². The molecule has 7 rings (SSSR count). The minimum absolute atomic E-state index is 0.00245. The predicted molar refractivity (Wildman–Crippen MR) is 167 cm³/mol. The van der Waals surface area contributed by atoms with Gasteiger partial charge in [-0.3, -0.25) is 19.2 Å². The number of allylic oxidation sites excluding steroid dienone is 2. The number of phenolic OH excluding ortho intramolecular Hbond substituents is 1. The van der Waals surface area contributed by atoms with Crippen molar-refractivity contribution in [1.29, 1.82) is 0 Å². The Morgan fingerprint density at radius 3 is 2.17 bits per heavy atom. The van der Waals surface area contributed by atoms with Gasteiger partial charge >= 0.3 is 5.97 Å². The first-order valence-corrected chi connectivity index (χ1v) is 15.5. The lowest BCUT2D eigenvalue weighted by atomic mass is 9.56. The number of nitrogens with zero attached hydrogens (tertiary/aromatic N) is 2. The quantitative estimate of drug-likeness (QED) is 0.187. The number of aromatic carboxylic acids is 1. The molecule has 6 atom stereocenters. The zero-order chi connectivity index (χ0) is 33.7. The standard InChI is InChI=1S/C33H22Cl3FN2O8/c34-23-12-17(40)6-8-19(23)26-18-9-10-21-25(28(43)38(27(21)42)16-5-7-20(29(44)45)24(41)11-16)22(18)13-32(35)30(46)39(31(47)33(26,32)36)15-3-1-14(37)2-4-15/h1-9,11-12,21-22,25-26,40-41H,10,13H2,(H,44,45)/t21-,22+,25-,26+,32+,33-/m0/s1. The first kappa shape index (κ1) is 31.2. The van der Waals surface area contributed by atoms with Gasteiger partial charge in [0.25, 0.3) is 11.8 Å². The van der Waals surface area contributed by atoms with Crippen LogP contribution in [0.5, 0.6) is 11.5 Å². The molecule has 0 spiro atoms. The van der Waals surface area contributed by atoms with Crippen molar-refractivity contribution in [2.75, 3.05) is 9.80 Å². The van der Waals surface area contributed by atoms with Crippen LogP contribution in [0.2, 0.25) is 5.02 Å². The number of carboxylic acids is 1. The fraction of sp³-hybridized carbons (Fsp3) is 0.242. The van der Waals surface area contributed by atoms with E-state index in [-0.39, 0.29) is 40.6 Å². The van der Waals surface area contributed by atoms with E-state index in [1.165, 1.54) is 36.4 Å². The maximum atomic E-state index is 14.4. The summed E-state index contributed by atoms with van der Waals surface area (Å²) in [5, 5.41) is 29.7. The Hall–Kier alpha value is -4.45. The van der Waals surface area contributed by atoms with Crippen LogP contribution in [0, 0.1) is 23.6 Å². The number of benzene rings is 3. The van der Waals surface area contributed by atoms with Gasteiger partial charge in [-0.1, -0.05) is 29.3 Å². The molecule has 3 aromatic carbocycles. The third kappa shape index (κ3) is 4.19. The molecule has 1 saturated carbocycles. The number of carbonyl (C=O) groups excluding carboxylic acids is 4. The van der Waals surface area contributed by atoms with Crippen molar-refractivity contribution >= 4 is 75.8 Å². The van der Waals surface area contributed by atoms with Crippen LogP contribution >= 0.6 is 34.8 Å². The minimum Gasteiger partial charge on any atom is -0.508 e. The number of hydrogen-bond acceptors (Lipinski definition) is 7. The molecule has 14 heteroatoms. The lowest BCUT2D eigenvalue weighted by Crippen LogP contribution is -2.60. The Morgan fingerprint density at radius 2 is 1.53 bits per heavy atom. The van der Waals surface area contributed by atoms with Gasteiger partial charge in [0, 0.05) is 17.0 Å². The van der Waals surface area contributed by atoms with Crippen molar-refractivity contribution < 1.29 is 43.7 Å². The molecule has 10 nitrogen and oxygen atoms in total. The van der Waals surface area contributed by atoms with Gasteiger partial charge < -0.3 is 15.3 Å². The van der Waals surface area contributed by atoms with Crippen LogP contribution in [0.15, 0.2) is 72.3 Å². The fourth-order valence-electron chi connectivity index (χ4n) is 7.59. The molecule has 0 unspecified atom stereocenters. The monoisotopic (exact) mass is 698 g/mol. The van der Waals surface area contributed by atoms with Gasteiger partial charge in [-0.05, 0) is 72.9 Å². The van der Waals surface area contributed by atoms with Gasteiger partial charge in [-0.2, -0.15) is 0 Å². The van der Waals surface area contributed by atoms with Gasteiger partial charge in [-0.15, -0.1) is 23.2 Å². The van der Waals surface area contributed by atoms with E-state index in [1.54, 1.807) is 6.08 Å². The maximum absolute atomic E-state index is 14.4. The van der Waals surface area contributed by atoms with Crippen molar-refractivity contribution in [3.8, 4) is 11.5 Å². The molecule has 2 aliphatic heterocycles. The van der Waals surface area contributed by atoms with Crippen LogP contribution in [-0.2, 0) is 19.2 Å². The number of carbonyl (C=O) groups is 5. The van der Waals surface area contributed by atoms with E-state index >= 15 is 0 Å². The second kappa shape index (κ2) is 10.5. The number of carboxylic acid groups (broad SMARTS) is 1. The van der Waals surface area contributed by atoms with E-state index < -0.39 is 80.1 Å². The zero-order valence-electron chi connectivity index (χ0n) is 23.9. The summed E-state index contributed by atoms with van der Waals surface area (Å²) in [5.74, 6) is -10.1. The van der Waals surface area contributed by atoms with Crippen LogP contribution in [0.25, 0.3) is 0 Å². The number of halogens is 4. The van der Waals surface area contributed by atoms with E-state index in [4.69, 9.17) is 34.8 Å². The van der Waals surface area contributed by atoms with Crippen LogP contribution in [0.1, 0.15) is 34.7 Å². The molecule has 4 aliphatic rings. The normalized spacial score (nSPS) is 29.8. The summed E-state index contributed by atoms with van der Waals surface area (Å²) >= 11 is 21.2. The molecule has 4 amide bonds. The number of aromatic hydroxyl groups is 2. The summed E-state index contributed by atoms with van der Waals surface area (Å²) < 4.78 is 13.8. The molecule has 2 aliphatic carbocycles. The zero-order valence-corrected chi connectivity index (χ0v) is 26.1. The van der Waals surface area contributed by atoms with E-state index in [0.29, 0.717) is 5.57 Å². The van der Waals surface area contributed by atoms with Crippen LogP contribution in [-0.4, -0.2) is 54.7 Å². The second-order valence-electron chi connectivity index (χ2n) is 12.0. The molecule has 3 aromatic rings. The number of alkyl halides is 2. The molecule has 2 heterocycles. The first-order chi connectivity index (χ1) is 22.2. The molecule has 240 valence electrons. The number of fused-ring (bicyclic) bond motifs is 4. The van der Waals surface area contributed by atoms with Crippen LogP contribution in [0.3, 0.4) is 0 Å². The molecule has 47 heavy (non-hydrogen) atoms. The topological polar surface area (TPSA) is 153 Å². The van der Waals surface area contributed by atoms with Crippen LogP contribution < -0.4 is 9.80 Å². The molecule has 0 bridgehead atoms. The highest BCUT2D eigenvalue weighted by Gasteiger charge is 2.76. The number of anilines is 2. The number of hydrogen-bond donors (Lipinski definition) is 3. The average Bonchev–Trinajstić information content (AvgIpc) is 3.36. The Morgan fingerprint density at radius 1 is 0.851 bits per heavy atom. The van der Waals surface area contributed by atoms with E-state index in [1.807, 2.05) is 0 Å². The lowest BCUT2D eigenvalue weighted by molar-refractivity contribution is -0.125.